The van der Waals surface area contributed by atoms with Crippen LogP contribution in [0.25, 0.3) is 0 Å². The van der Waals surface area contributed by atoms with Crippen molar-refractivity contribution in [3.8, 4) is 0 Å². The first-order valence-corrected chi connectivity index (χ1v) is 1.91. The fraction of sp³-hybridized carbons (Fsp3) is 0.500. The summed E-state index contributed by atoms with van der Waals surface area (Å²) in [6.07, 6.45) is 1.43. The van der Waals surface area contributed by atoms with Gasteiger partial charge in [0.2, 0.25) is 0 Å². The maximum absolute atomic E-state index is 6.76. The highest BCUT2D eigenvalue weighted by Crippen LogP contribution is 1.76. The van der Waals surface area contributed by atoms with E-state index in [0.29, 0.717) is 6.42 Å². The Morgan fingerprint density at radius 1 is 1.86 bits per heavy atom. The molecule has 0 amide bonds. The molecule has 7 heavy (non-hydrogen) atoms. The Morgan fingerprint density at radius 2 is 2.43 bits per heavy atom. The van der Waals surface area contributed by atoms with Crippen LogP contribution in [0.15, 0.2) is 0 Å². The predicted molar refractivity (Wildman–Crippen MR) is 28.1 cm³/mol. The van der Waals surface area contributed by atoms with Crippen molar-refractivity contribution in [2.24, 2.45) is 0 Å². The lowest BCUT2D eigenvalue weighted by Gasteiger charge is -1.92. The van der Waals surface area contributed by atoms with E-state index in [4.69, 9.17) is 10.8 Å². The molecule has 0 aromatic heterocycles. The number of hydrogen-bond acceptors (Lipinski definition) is 3. The minimum Gasteiger partial charge on any atom is -0.484 e. The fourth-order valence-corrected chi connectivity index (χ4v) is 0.176. The molecule has 0 aromatic carbocycles. The molecule has 3 nitrogen and oxygen atoms in total. The minimum atomic E-state index is 0.134. The van der Waals surface area contributed by atoms with Crippen LogP contribution in [0.2, 0.25) is 0 Å². The molecule has 0 radical (unpaired) electrons. The molecule has 0 atom stereocenters. The zero-order valence-corrected chi connectivity index (χ0v) is 4.19. The van der Waals surface area contributed by atoms with Gasteiger partial charge in [-0.3, -0.25) is 5.41 Å². The van der Waals surface area contributed by atoms with Crippen LogP contribution in [-0.2, 0) is 4.74 Å². The molecule has 0 saturated carbocycles. The minimum absolute atomic E-state index is 0.134. The van der Waals surface area contributed by atoms with Crippen LogP contribution >= 0.6 is 0 Å². The molecule has 3 heteroatoms. The van der Waals surface area contributed by atoms with Crippen molar-refractivity contribution < 1.29 is 4.74 Å². The highest BCUT2D eigenvalue weighted by Gasteiger charge is 1.85. The summed E-state index contributed by atoms with van der Waals surface area (Å²) >= 11 is 0. The van der Waals surface area contributed by atoms with Crippen molar-refractivity contribution >= 4 is 12.1 Å². The standard InChI is InChI=1S/C4H8N2O/c1-7-4(6)2-3-5/h3,5-6H,2H2,1H3. The Kier molecular flexibility index (Phi) is 2.92. The van der Waals surface area contributed by atoms with E-state index in [2.05, 4.69) is 4.74 Å². The monoisotopic (exact) mass is 100 g/mol. The lowest BCUT2D eigenvalue weighted by molar-refractivity contribution is 0.393. The van der Waals surface area contributed by atoms with Crippen LogP contribution < -0.4 is 0 Å². The van der Waals surface area contributed by atoms with Gasteiger partial charge in [0.25, 0.3) is 0 Å². The second-order valence-electron chi connectivity index (χ2n) is 1.04. The fourth-order valence-electron chi connectivity index (χ4n) is 0.176. The van der Waals surface area contributed by atoms with E-state index in [9.17, 15) is 0 Å². The molecule has 0 aliphatic rings. The van der Waals surface area contributed by atoms with E-state index in [-0.39, 0.29) is 5.90 Å². The summed E-state index contributed by atoms with van der Waals surface area (Å²) in [5.41, 5.74) is 0. The molecule has 2 N–H and O–H groups in total. The third-order valence-corrected chi connectivity index (χ3v) is 0.534. The Balaban J connectivity index is 3.17. The molecule has 0 spiro atoms. The maximum atomic E-state index is 6.76. The summed E-state index contributed by atoms with van der Waals surface area (Å²) in [6.45, 7) is 0. The van der Waals surface area contributed by atoms with Crippen LogP contribution in [-0.4, -0.2) is 19.2 Å². The molecule has 0 aromatic rings. The number of rotatable bonds is 2. The lowest BCUT2D eigenvalue weighted by Crippen LogP contribution is -1.97. The van der Waals surface area contributed by atoms with Crippen molar-refractivity contribution in [3.63, 3.8) is 0 Å². The summed E-state index contributed by atoms with van der Waals surface area (Å²) < 4.78 is 4.42. The first kappa shape index (κ1) is 6.14. The topological polar surface area (TPSA) is 56.9 Å². The Bertz CT molecular complexity index is 79.8. The van der Waals surface area contributed by atoms with Gasteiger partial charge in [-0.1, -0.05) is 0 Å². The molecule has 0 aliphatic carbocycles. The van der Waals surface area contributed by atoms with Crippen molar-refractivity contribution in [2.45, 2.75) is 6.42 Å². The van der Waals surface area contributed by atoms with Crippen LogP contribution in [0.3, 0.4) is 0 Å². The third-order valence-electron chi connectivity index (χ3n) is 0.534. The number of methoxy groups -OCH3 is 1. The van der Waals surface area contributed by atoms with Gasteiger partial charge in [-0.15, -0.1) is 0 Å². The normalized spacial score (nSPS) is 7.57. The van der Waals surface area contributed by atoms with E-state index in [0.717, 1.165) is 6.21 Å². The van der Waals surface area contributed by atoms with Gasteiger partial charge < -0.3 is 10.1 Å². The van der Waals surface area contributed by atoms with Gasteiger partial charge in [0.15, 0.2) is 5.90 Å². The van der Waals surface area contributed by atoms with Crippen LogP contribution in [0.1, 0.15) is 6.42 Å². The molecule has 0 rings (SSSR count). The van der Waals surface area contributed by atoms with E-state index >= 15 is 0 Å². The molecular weight excluding hydrogens is 92.1 g/mol. The van der Waals surface area contributed by atoms with Gasteiger partial charge in [0, 0.05) is 6.21 Å². The molecule has 0 fully saturated rings. The van der Waals surface area contributed by atoms with Gasteiger partial charge in [-0.2, -0.15) is 0 Å². The molecule has 0 saturated heterocycles. The van der Waals surface area contributed by atoms with E-state index in [1.807, 2.05) is 0 Å². The molecule has 40 valence electrons. The summed E-state index contributed by atoms with van der Waals surface area (Å²) in [5.74, 6) is 0.134. The second-order valence-corrected chi connectivity index (χ2v) is 1.04. The summed E-state index contributed by atoms with van der Waals surface area (Å²) in [4.78, 5) is 0. The largest absolute Gasteiger partial charge is 0.484 e. The van der Waals surface area contributed by atoms with E-state index in [1.54, 1.807) is 0 Å². The average Bonchev–Trinajstić information content (AvgIpc) is 1.68. The average molecular weight is 100 g/mol. The van der Waals surface area contributed by atoms with Crippen LogP contribution in [0, 0.1) is 10.8 Å². The van der Waals surface area contributed by atoms with Crippen molar-refractivity contribution in [1.29, 1.82) is 10.8 Å². The highest BCUT2D eigenvalue weighted by atomic mass is 16.5. The van der Waals surface area contributed by atoms with Gasteiger partial charge in [0.1, 0.15) is 0 Å². The molecular formula is C4H8N2O. The molecule has 0 unspecified atom stereocenters. The van der Waals surface area contributed by atoms with Crippen molar-refractivity contribution in [3.05, 3.63) is 0 Å². The van der Waals surface area contributed by atoms with E-state index in [1.165, 1.54) is 7.11 Å². The van der Waals surface area contributed by atoms with Crippen LogP contribution in [0.4, 0.5) is 0 Å². The summed E-state index contributed by atoms with van der Waals surface area (Å²) in [7, 11) is 1.42. The van der Waals surface area contributed by atoms with Gasteiger partial charge in [-0.25, -0.2) is 0 Å². The Morgan fingerprint density at radius 3 is 2.57 bits per heavy atom. The third kappa shape index (κ3) is 2.96. The predicted octanol–water partition coefficient (Wildman–Crippen LogP) is 0.650. The molecule has 0 aliphatic heterocycles. The maximum Gasteiger partial charge on any atom is 0.185 e. The smallest absolute Gasteiger partial charge is 0.185 e. The summed E-state index contributed by atoms with van der Waals surface area (Å²) in [6, 6.07) is 0. The number of hydrogen-bond donors (Lipinski definition) is 2. The first-order valence-electron chi connectivity index (χ1n) is 1.91. The number of nitrogens with one attached hydrogen (secondary N) is 2. The van der Waals surface area contributed by atoms with Gasteiger partial charge >= 0.3 is 0 Å². The second kappa shape index (κ2) is 3.33. The molecule has 0 heterocycles. The van der Waals surface area contributed by atoms with Crippen molar-refractivity contribution in [1.82, 2.24) is 0 Å². The SMILES string of the molecule is COC(=N)CC=N. The highest BCUT2D eigenvalue weighted by molar-refractivity contribution is 5.86. The lowest BCUT2D eigenvalue weighted by atomic mass is 10.5. The Hall–Kier alpha value is -0.860. The molecule has 0 bridgehead atoms. The quantitative estimate of drug-likeness (QED) is 0.388. The van der Waals surface area contributed by atoms with Crippen LogP contribution in [0.5, 0.6) is 0 Å². The number of ether oxygens (including phenoxy) is 1. The van der Waals surface area contributed by atoms with Gasteiger partial charge in [-0.05, 0) is 0 Å². The van der Waals surface area contributed by atoms with Gasteiger partial charge in [0.05, 0.1) is 13.5 Å². The summed E-state index contributed by atoms with van der Waals surface area (Å²) in [5, 5.41) is 13.3. The zero-order valence-electron chi connectivity index (χ0n) is 4.19. The van der Waals surface area contributed by atoms with Crippen molar-refractivity contribution in [2.75, 3.05) is 7.11 Å². The zero-order chi connectivity index (χ0) is 5.70. The van der Waals surface area contributed by atoms with E-state index < -0.39 is 0 Å². The first-order chi connectivity index (χ1) is 3.31. The Labute approximate surface area is 42.3 Å².